The number of aryl methyl sites for hydroxylation is 1. The molecule has 0 fully saturated rings. The Morgan fingerprint density at radius 1 is 1.17 bits per heavy atom. The first-order valence-corrected chi connectivity index (χ1v) is 10.4. The van der Waals surface area contributed by atoms with E-state index in [4.69, 9.17) is 17.0 Å². The maximum absolute atomic E-state index is 11.7. The predicted octanol–water partition coefficient (Wildman–Crippen LogP) is 6.58. The van der Waals surface area contributed by atoms with Gasteiger partial charge in [0.05, 0.1) is 0 Å². The van der Waals surface area contributed by atoms with Crippen LogP contribution in [0.3, 0.4) is 0 Å². The summed E-state index contributed by atoms with van der Waals surface area (Å²) in [4.78, 5) is 11.7. The minimum atomic E-state index is -0.330. The van der Waals surface area contributed by atoms with Crippen LogP contribution in [0, 0.1) is 17.7 Å². The summed E-state index contributed by atoms with van der Waals surface area (Å²) in [7, 11) is 0. The van der Waals surface area contributed by atoms with E-state index in [-0.39, 0.29) is 11.2 Å². The second-order valence-corrected chi connectivity index (χ2v) is 8.60. The molecule has 0 unspecified atom stereocenters. The molecule has 2 aromatic rings. The van der Waals surface area contributed by atoms with Crippen molar-refractivity contribution in [3.63, 3.8) is 0 Å². The lowest BCUT2D eigenvalue weighted by molar-refractivity contribution is -0.125. The van der Waals surface area contributed by atoms with Gasteiger partial charge in [-0.3, -0.25) is 4.79 Å². The van der Waals surface area contributed by atoms with Gasteiger partial charge in [-0.15, -0.1) is 0 Å². The number of hydrogen-bond acceptors (Lipinski definition) is 3. The molecule has 0 atom stereocenters. The Labute approximate surface area is 179 Å². The van der Waals surface area contributed by atoms with Gasteiger partial charge in [0.25, 0.3) is 0 Å². The smallest absolute Gasteiger partial charge is 0.135 e. The van der Waals surface area contributed by atoms with Gasteiger partial charge in [0.1, 0.15) is 5.78 Å². The minimum absolute atomic E-state index is 0.194. The van der Waals surface area contributed by atoms with Crippen molar-refractivity contribution >= 4 is 28.8 Å². The van der Waals surface area contributed by atoms with Crippen molar-refractivity contribution < 1.29 is 4.79 Å². The number of rotatable bonds is 10. The number of carbonyl (C=O) groups excluding carboxylic acids is 1. The molecule has 0 aliphatic carbocycles. The summed E-state index contributed by atoms with van der Waals surface area (Å²) < 4.78 is 0. The summed E-state index contributed by atoms with van der Waals surface area (Å²) >= 11 is 6.19. The van der Waals surface area contributed by atoms with Gasteiger partial charge >= 0.3 is 0 Å². The summed E-state index contributed by atoms with van der Waals surface area (Å²) in [5.41, 5.74) is 4.49. The zero-order chi connectivity index (χ0) is 21.4. The maximum atomic E-state index is 11.7. The van der Waals surface area contributed by atoms with Crippen LogP contribution in [0.15, 0.2) is 54.6 Å². The van der Waals surface area contributed by atoms with Gasteiger partial charge in [-0.1, -0.05) is 61.8 Å². The Kier molecular flexibility index (Phi) is 8.21. The second-order valence-electron chi connectivity index (χ2n) is 8.17. The molecule has 154 valence electrons. The standard InChI is InChI=1S/C25H31ClN2O/c1-18-9-5-6-10-21(18)17-28-24(20-11-7-12-22(26)15-20)16-23(27)13-8-14-25(3,4)19(2)29/h5-7,9-12,15-16,27-28H,8,13-14,17H2,1-4H3/b24-16-,27-23?. The van der Waals surface area contributed by atoms with E-state index in [1.54, 1.807) is 6.92 Å². The van der Waals surface area contributed by atoms with Crippen LogP contribution in [0.1, 0.15) is 56.7 Å². The number of nitrogens with one attached hydrogen (secondary N) is 2. The lowest BCUT2D eigenvalue weighted by Gasteiger charge is -2.20. The van der Waals surface area contributed by atoms with E-state index < -0.39 is 0 Å². The van der Waals surface area contributed by atoms with Crippen molar-refractivity contribution in [3.8, 4) is 0 Å². The van der Waals surface area contributed by atoms with E-state index in [1.807, 2.05) is 56.3 Å². The highest BCUT2D eigenvalue weighted by molar-refractivity contribution is 6.30. The van der Waals surface area contributed by atoms with Crippen LogP contribution < -0.4 is 5.32 Å². The van der Waals surface area contributed by atoms with E-state index in [9.17, 15) is 4.79 Å². The zero-order valence-corrected chi connectivity index (χ0v) is 18.6. The van der Waals surface area contributed by atoms with Gasteiger partial charge < -0.3 is 10.7 Å². The summed E-state index contributed by atoms with van der Waals surface area (Å²) in [6.45, 7) is 8.35. The predicted molar refractivity (Wildman–Crippen MR) is 123 cm³/mol. The highest BCUT2D eigenvalue weighted by Gasteiger charge is 2.22. The summed E-state index contributed by atoms with van der Waals surface area (Å²) in [6.07, 6.45) is 4.10. The van der Waals surface area contributed by atoms with Crippen molar-refractivity contribution in [2.24, 2.45) is 5.41 Å². The fourth-order valence-electron chi connectivity index (χ4n) is 3.03. The number of Topliss-reactive ketones (excluding diaryl/α,β-unsaturated/α-hetero) is 1. The molecule has 0 heterocycles. The molecular formula is C25H31ClN2O. The Balaban J connectivity index is 2.13. The highest BCUT2D eigenvalue weighted by atomic mass is 35.5. The normalized spacial score (nSPS) is 12.0. The van der Waals surface area contributed by atoms with E-state index in [2.05, 4.69) is 24.4 Å². The lowest BCUT2D eigenvalue weighted by Crippen LogP contribution is -2.21. The third kappa shape index (κ3) is 7.17. The largest absolute Gasteiger partial charge is 0.380 e. The number of allylic oxidation sites excluding steroid dienone is 1. The fourth-order valence-corrected chi connectivity index (χ4v) is 3.22. The van der Waals surface area contributed by atoms with Crippen molar-refractivity contribution in [2.45, 2.75) is 53.5 Å². The molecule has 0 aromatic heterocycles. The minimum Gasteiger partial charge on any atom is -0.380 e. The molecule has 0 spiro atoms. The SMILES string of the molecule is CC(=O)C(C)(C)CCCC(=N)/C=C(\NCc1ccccc1C)c1cccc(Cl)c1. The molecule has 29 heavy (non-hydrogen) atoms. The third-order valence-electron chi connectivity index (χ3n) is 5.39. The summed E-state index contributed by atoms with van der Waals surface area (Å²) in [5.74, 6) is 0.194. The molecule has 0 amide bonds. The molecule has 2 aromatic carbocycles. The van der Waals surface area contributed by atoms with Crippen LogP contribution >= 0.6 is 11.6 Å². The molecule has 0 bridgehead atoms. The Morgan fingerprint density at radius 3 is 2.55 bits per heavy atom. The molecular weight excluding hydrogens is 380 g/mol. The van der Waals surface area contributed by atoms with E-state index in [0.717, 1.165) is 24.1 Å². The topological polar surface area (TPSA) is 53.0 Å². The van der Waals surface area contributed by atoms with Crippen LogP contribution in [0.5, 0.6) is 0 Å². The quantitative estimate of drug-likeness (QED) is 0.434. The van der Waals surface area contributed by atoms with Gasteiger partial charge in [-0.05, 0) is 68.0 Å². The molecule has 0 aliphatic heterocycles. The molecule has 0 saturated heterocycles. The number of benzene rings is 2. The molecule has 0 radical (unpaired) electrons. The summed E-state index contributed by atoms with van der Waals surface area (Å²) in [5, 5.41) is 12.6. The molecule has 4 heteroatoms. The van der Waals surface area contributed by atoms with E-state index in [1.165, 1.54) is 11.1 Å². The van der Waals surface area contributed by atoms with Crippen molar-refractivity contribution in [2.75, 3.05) is 0 Å². The zero-order valence-electron chi connectivity index (χ0n) is 17.8. The highest BCUT2D eigenvalue weighted by Crippen LogP contribution is 2.25. The summed E-state index contributed by atoms with van der Waals surface area (Å²) in [6, 6.07) is 15.9. The Morgan fingerprint density at radius 2 is 1.90 bits per heavy atom. The van der Waals surface area contributed by atoms with Gasteiger partial charge in [-0.2, -0.15) is 0 Å². The van der Waals surface area contributed by atoms with E-state index >= 15 is 0 Å². The van der Waals surface area contributed by atoms with Crippen LogP contribution in [-0.4, -0.2) is 11.5 Å². The molecule has 2 N–H and O–H groups in total. The van der Waals surface area contributed by atoms with Crippen molar-refractivity contribution in [1.82, 2.24) is 5.32 Å². The van der Waals surface area contributed by atoms with Gasteiger partial charge in [-0.25, -0.2) is 0 Å². The number of carbonyl (C=O) groups is 1. The first-order valence-electron chi connectivity index (χ1n) is 10.0. The first-order chi connectivity index (χ1) is 13.7. The lowest BCUT2D eigenvalue weighted by atomic mass is 9.83. The number of halogens is 1. The number of ketones is 1. The monoisotopic (exact) mass is 410 g/mol. The molecule has 2 rings (SSSR count). The number of hydrogen-bond donors (Lipinski definition) is 2. The van der Waals surface area contributed by atoms with Crippen LogP contribution in [0.25, 0.3) is 5.70 Å². The van der Waals surface area contributed by atoms with Crippen molar-refractivity contribution in [3.05, 3.63) is 76.3 Å². The average Bonchev–Trinajstić information content (AvgIpc) is 2.66. The average molecular weight is 411 g/mol. The Bertz CT molecular complexity index is 899. The van der Waals surface area contributed by atoms with Crippen LogP contribution in [-0.2, 0) is 11.3 Å². The van der Waals surface area contributed by atoms with Gasteiger partial charge in [0.15, 0.2) is 0 Å². The maximum Gasteiger partial charge on any atom is 0.135 e. The third-order valence-corrected chi connectivity index (χ3v) is 5.62. The van der Waals surface area contributed by atoms with Crippen LogP contribution in [0.4, 0.5) is 0 Å². The van der Waals surface area contributed by atoms with Crippen LogP contribution in [0.2, 0.25) is 5.02 Å². The Hall–Kier alpha value is -2.39. The molecule has 0 aliphatic rings. The van der Waals surface area contributed by atoms with Gasteiger partial charge in [0, 0.05) is 28.4 Å². The molecule has 3 nitrogen and oxygen atoms in total. The first kappa shape index (κ1) is 22.9. The fraction of sp³-hybridized carbons (Fsp3) is 0.360. The van der Waals surface area contributed by atoms with Gasteiger partial charge in [0.2, 0.25) is 0 Å². The second kappa shape index (κ2) is 10.4. The van der Waals surface area contributed by atoms with E-state index in [0.29, 0.717) is 23.7 Å². The van der Waals surface area contributed by atoms with Crippen molar-refractivity contribution in [1.29, 1.82) is 5.41 Å². The molecule has 0 saturated carbocycles.